The van der Waals surface area contributed by atoms with E-state index < -0.39 is 27.0 Å². The number of carbonyl (C=O) groups excluding carboxylic acids is 1. The summed E-state index contributed by atoms with van der Waals surface area (Å²) in [4.78, 5) is 23.0. The van der Waals surface area contributed by atoms with E-state index in [0.717, 1.165) is 12.8 Å². The fourth-order valence-corrected chi connectivity index (χ4v) is 4.50. The van der Waals surface area contributed by atoms with Crippen molar-refractivity contribution >= 4 is 27.3 Å². The standard InChI is InChI=1S/C19H21N3O6S/c1-14(28-18-7-3-2-6-17(18)22(24)25)19(23)20-15-8-10-16(11-9-15)29(26,27)21-12-4-5-13-21/h2-3,6-11,14H,4-5,12-13H2,1H3,(H,20,23)/t14-/m1/s1. The zero-order valence-corrected chi connectivity index (χ0v) is 16.6. The summed E-state index contributed by atoms with van der Waals surface area (Å²) in [5, 5.41) is 13.7. The van der Waals surface area contributed by atoms with Crippen LogP contribution in [0.25, 0.3) is 0 Å². The molecule has 10 heteroatoms. The van der Waals surface area contributed by atoms with Gasteiger partial charge in [-0.3, -0.25) is 14.9 Å². The molecule has 0 aliphatic carbocycles. The molecule has 0 unspecified atom stereocenters. The minimum Gasteiger partial charge on any atom is -0.474 e. The van der Waals surface area contributed by atoms with E-state index in [0.29, 0.717) is 18.8 Å². The maximum absolute atomic E-state index is 12.5. The molecule has 1 aliphatic rings. The lowest BCUT2D eigenvalue weighted by molar-refractivity contribution is -0.386. The molecule has 1 fully saturated rings. The lowest BCUT2D eigenvalue weighted by atomic mass is 10.2. The van der Waals surface area contributed by atoms with Crippen LogP contribution in [0.2, 0.25) is 0 Å². The van der Waals surface area contributed by atoms with Gasteiger partial charge in [0, 0.05) is 24.8 Å². The molecule has 0 aromatic heterocycles. The summed E-state index contributed by atoms with van der Waals surface area (Å²) >= 11 is 0. The predicted molar refractivity (Wildman–Crippen MR) is 106 cm³/mol. The van der Waals surface area contributed by atoms with E-state index in [1.165, 1.54) is 53.7 Å². The van der Waals surface area contributed by atoms with Gasteiger partial charge in [-0.15, -0.1) is 0 Å². The van der Waals surface area contributed by atoms with Gasteiger partial charge in [0.05, 0.1) is 9.82 Å². The highest BCUT2D eigenvalue weighted by Crippen LogP contribution is 2.27. The first-order chi connectivity index (χ1) is 13.8. The van der Waals surface area contributed by atoms with Gasteiger partial charge in [-0.1, -0.05) is 12.1 Å². The number of anilines is 1. The first-order valence-corrected chi connectivity index (χ1v) is 10.5. The SMILES string of the molecule is C[C@@H](Oc1ccccc1[N+](=O)[O-])C(=O)Nc1ccc(S(=O)(=O)N2CCCC2)cc1. The van der Waals surface area contributed by atoms with Crippen LogP contribution in [-0.2, 0) is 14.8 Å². The van der Waals surface area contributed by atoms with Crippen molar-refractivity contribution < 1.29 is 22.9 Å². The van der Waals surface area contributed by atoms with Crippen LogP contribution in [0.1, 0.15) is 19.8 Å². The van der Waals surface area contributed by atoms with Gasteiger partial charge in [0.1, 0.15) is 0 Å². The van der Waals surface area contributed by atoms with E-state index in [1.807, 2.05) is 0 Å². The van der Waals surface area contributed by atoms with Crippen LogP contribution < -0.4 is 10.1 Å². The molecule has 1 atom stereocenters. The second-order valence-corrected chi connectivity index (χ2v) is 8.55. The number of nitro groups is 1. The molecule has 1 N–H and O–H groups in total. The highest BCUT2D eigenvalue weighted by molar-refractivity contribution is 7.89. The molecule has 0 radical (unpaired) electrons. The van der Waals surface area contributed by atoms with Crippen molar-refractivity contribution in [1.29, 1.82) is 0 Å². The zero-order chi connectivity index (χ0) is 21.0. The monoisotopic (exact) mass is 419 g/mol. The van der Waals surface area contributed by atoms with Crippen molar-refractivity contribution in [2.75, 3.05) is 18.4 Å². The number of nitrogens with one attached hydrogen (secondary N) is 1. The number of hydrogen-bond donors (Lipinski definition) is 1. The number of sulfonamides is 1. The Morgan fingerprint density at radius 1 is 1.14 bits per heavy atom. The minimum absolute atomic E-state index is 0.00722. The van der Waals surface area contributed by atoms with E-state index in [2.05, 4.69) is 5.32 Å². The number of nitro benzene ring substituents is 1. The number of amides is 1. The molecule has 154 valence electrons. The predicted octanol–water partition coefficient (Wildman–Crippen LogP) is 2.79. The molecule has 1 amide bonds. The zero-order valence-electron chi connectivity index (χ0n) is 15.8. The molecule has 0 bridgehead atoms. The molecule has 9 nitrogen and oxygen atoms in total. The normalized spacial score (nSPS) is 15.6. The van der Waals surface area contributed by atoms with Crippen molar-refractivity contribution in [3.8, 4) is 5.75 Å². The van der Waals surface area contributed by atoms with Crippen molar-refractivity contribution in [2.45, 2.75) is 30.8 Å². The number of hydrogen-bond acceptors (Lipinski definition) is 6. The number of ether oxygens (including phenoxy) is 1. The Bertz CT molecular complexity index is 1000. The van der Waals surface area contributed by atoms with Gasteiger partial charge in [0.2, 0.25) is 10.0 Å². The number of rotatable bonds is 7. The number of carbonyl (C=O) groups is 1. The van der Waals surface area contributed by atoms with E-state index in [1.54, 1.807) is 6.07 Å². The molecule has 0 spiro atoms. The number of benzene rings is 2. The Hall–Kier alpha value is -2.98. The van der Waals surface area contributed by atoms with Crippen molar-refractivity contribution in [3.63, 3.8) is 0 Å². The third kappa shape index (κ3) is 4.72. The van der Waals surface area contributed by atoms with Crippen molar-refractivity contribution in [1.82, 2.24) is 4.31 Å². The van der Waals surface area contributed by atoms with Gasteiger partial charge in [-0.25, -0.2) is 8.42 Å². The van der Waals surface area contributed by atoms with Crippen LogP contribution in [0.5, 0.6) is 5.75 Å². The van der Waals surface area contributed by atoms with Gasteiger partial charge < -0.3 is 10.1 Å². The fourth-order valence-electron chi connectivity index (χ4n) is 2.98. The molecule has 0 saturated carbocycles. The third-order valence-electron chi connectivity index (χ3n) is 4.56. The Morgan fingerprint density at radius 3 is 2.38 bits per heavy atom. The summed E-state index contributed by atoms with van der Waals surface area (Å²) in [5.41, 5.74) is 0.164. The van der Waals surface area contributed by atoms with Crippen LogP contribution in [0.4, 0.5) is 11.4 Å². The Morgan fingerprint density at radius 2 is 1.76 bits per heavy atom. The van der Waals surface area contributed by atoms with Crippen LogP contribution in [-0.4, -0.2) is 42.7 Å². The summed E-state index contributed by atoms with van der Waals surface area (Å²) in [6, 6.07) is 11.7. The van der Waals surface area contributed by atoms with E-state index in [-0.39, 0.29) is 16.3 Å². The maximum atomic E-state index is 12.5. The second-order valence-electron chi connectivity index (χ2n) is 6.61. The minimum atomic E-state index is -3.52. The van der Waals surface area contributed by atoms with Gasteiger partial charge in [0.15, 0.2) is 11.9 Å². The van der Waals surface area contributed by atoms with Gasteiger partial charge in [-0.2, -0.15) is 4.31 Å². The topological polar surface area (TPSA) is 119 Å². The number of para-hydroxylation sites is 2. The lowest BCUT2D eigenvalue weighted by Gasteiger charge is -2.16. The van der Waals surface area contributed by atoms with Crippen LogP contribution in [0, 0.1) is 10.1 Å². The summed E-state index contributed by atoms with van der Waals surface area (Å²) in [6.07, 6.45) is 0.708. The molecule has 1 aliphatic heterocycles. The van der Waals surface area contributed by atoms with Crippen molar-refractivity contribution in [3.05, 3.63) is 58.6 Å². The van der Waals surface area contributed by atoms with E-state index >= 15 is 0 Å². The van der Waals surface area contributed by atoms with Gasteiger partial charge in [0.25, 0.3) is 5.91 Å². The van der Waals surface area contributed by atoms with Crippen molar-refractivity contribution in [2.24, 2.45) is 0 Å². The lowest BCUT2D eigenvalue weighted by Crippen LogP contribution is -2.30. The molecule has 1 saturated heterocycles. The highest BCUT2D eigenvalue weighted by Gasteiger charge is 2.27. The molecule has 1 heterocycles. The fraction of sp³-hybridized carbons (Fsp3) is 0.316. The quantitative estimate of drug-likeness (QED) is 0.544. The average molecular weight is 419 g/mol. The summed E-state index contributed by atoms with van der Waals surface area (Å²) < 4.78 is 31.9. The Balaban J connectivity index is 1.65. The van der Waals surface area contributed by atoms with E-state index in [4.69, 9.17) is 4.74 Å². The van der Waals surface area contributed by atoms with Crippen LogP contribution in [0.15, 0.2) is 53.4 Å². The molecule has 3 rings (SSSR count). The van der Waals surface area contributed by atoms with Crippen LogP contribution >= 0.6 is 0 Å². The largest absolute Gasteiger partial charge is 0.474 e. The summed E-state index contributed by atoms with van der Waals surface area (Å²) in [7, 11) is -3.52. The smallest absolute Gasteiger partial charge is 0.310 e. The summed E-state index contributed by atoms with van der Waals surface area (Å²) in [5.74, 6) is -0.523. The second kappa shape index (κ2) is 8.58. The first kappa shape index (κ1) is 20.7. The summed E-state index contributed by atoms with van der Waals surface area (Å²) in [6.45, 7) is 2.50. The number of nitrogens with zero attached hydrogens (tertiary/aromatic N) is 2. The molecule has 2 aromatic carbocycles. The van der Waals surface area contributed by atoms with E-state index in [9.17, 15) is 23.3 Å². The van der Waals surface area contributed by atoms with Gasteiger partial charge >= 0.3 is 5.69 Å². The molecular weight excluding hydrogens is 398 g/mol. The van der Waals surface area contributed by atoms with Gasteiger partial charge in [-0.05, 0) is 50.1 Å². The molecule has 2 aromatic rings. The third-order valence-corrected chi connectivity index (χ3v) is 6.47. The Labute approximate surface area is 168 Å². The van der Waals surface area contributed by atoms with Crippen LogP contribution in [0.3, 0.4) is 0 Å². The Kier molecular flexibility index (Phi) is 6.14. The average Bonchev–Trinajstić information content (AvgIpc) is 3.24. The highest BCUT2D eigenvalue weighted by atomic mass is 32.2. The molecular formula is C19H21N3O6S. The first-order valence-electron chi connectivity index (χ1n) is 9.10. The molecule has 29 heavy (non-hydrogen) atoms. The maximum Gasteiger partial charge on any atom is 0.310 e.